The summed E-state index contributed by atoms with van der Waals surface area (Å²) in [4.78, 5) is 24.3. The lowest BCUT2D eigenvalue weighted by Gasteiger charge is -2.14. The lowest BCUT2D eigenvalue weighted by Crippen LogP contribution is -2.36. The maximum absolute atomic E-state index is 11.5. The number of esters is 1. The van der Waals surface area contributed by atoms with E-state index in [1.54, 1.807) is 6.07 Å². The number of methoxy groups -OCH3 is 1. The summed E-state index contributed by atoms with van der Waals surface area (Å²) >= 11 is 7.93. The van der Waals surface area contributed by atoms with E-state index in [0.717, 1.165) is 21.6 Å². The smallest absolute Gasteiger partial charge is 0.348 e. The molecule has 0 spiro atoms. The molecule has 0 radical (unpaired) electrons. The van der Waals surface area contributed by atoms with E-state index in [1.807, 2.05) is 6.07 Å². The fraction of sp³-hybridized carbons (Fsp3) is 0.455. The molecule has 0 atom stereocenters. The highest BCUT2D eigenvalue weighted by molar-refractivity contribution is 8.13. The lowest BCUT2D eigenvalue weighted by molar-refractivity contribution is 0.0606. The van der Waals surface area contributed by atoms with Gasteiger partial charge in [-0.2, -0.15) is 0 Å². The molecule has 1 aromatic heterocycles. The Kier molecular flexibility index (Phi) is 7.22. The SMILES string of the molecule is COC(=O)c1ccc(CCN(N)C(=O)SCCCl)s1. The van der Waals surface area contributed by atoms with Crippen LogP contribution in [0.2, 0.25) is 0 Å². The number of carbonyl (C=O) groups is 2. The summed E-state index contributed by atoms with van der Waals surface area (Å²) in [5, 5.41) is 0.958. The second-order valence-electron chi connectivity index (χ2n) is 3.50. The van der Waals surface area contributed by atoms with Gasteiger partial charge in [0.1, 0.15) is 4.88 Å². The highest BCUT2D eigenvalue weighted by atomic mass is 35.5. The summed E-state index contributed by atoms with van der Waals surface area (Å²) in [6.07, 6.45) is 0.603. The van der Waals surface area contributed by atoms with Crippen LogP contribution in [0.4, 0.5) is 4.79 Å². The van der Waals surface area contributed by atoms with E-state index in [4.69, 9.17) is 17.4 Å². The van der Waals surface area contributed by atoms with Crippen LogP contribution in [0.25, 0.3) is 0 Å². The molecule has 1 rings (SSSR count). The van der Waals surface area contributed by atoms with E-state index in [-0.39, 0.29) is 11.2 Å². The maximum atomic E-state index is 11.5. The summed E-state index contributed by atoms with van der Waals surface area (Å²) in [6, 6.07) is 3.54. The fourth-order valence-electron chi connectivity index (χ4n) is 1.25. The van der Waals surface area contributed by atoms with Crippen molar-refractivity contribution >= 4 is 45.9 Å². The number of thiophene rings is 1. The molecular weight excluding hydrogens is 308 g/mol. The predicted octanol–water partition coefficient (Wildman–Crippen LogP) is 2.34. The highest BCUT2D eigenvalue weighted by Gasteiger charge is 2.12. The molecule has 1 heterocycles. The number of nitrogens with two attached hydrogens (primary N) is 1. The van der Waals surface area contributed by atoms with Crippen molar-refractivity contribution in [3.63, 3.8) is 0 Å². The minimum atomic E-state index is -0.352. The largest absolute Gasteiger partial charge is 0.465 e. The van der Waals surface area contributed by atoms with Crippen molar-refractivity contribution in [2.45, 2.75) is 6.42 Å². The zero-order valence-electron chi connectivity index (χ0n) is 10.4. The highest BCUT2D eigenvalue weighted by Crippen LogP contribution is 2.18. The molecule has 0 aliphatic rings. The van der Waals surface area contributed by atoms with Crippen LogP contribution in [0, 0.1) is 0 Å². The fourth-order valence-corrected chi connectivity index (χ4v) is 2.91. The topological polar surface area (TPSA) is 72.6 Å². The third-order valence-corrected chi connectivity index (χ3v) is 4.61. The normalized spacial score (nSPS) is 10.3. The van der Waals surface area contributed by atoms with Crippen molar-refractivity contribution in [2.75, 3.05) is 25.3 Å². The molecule has 0 unspecified atom stereocenters. The summed E-state index contributed by atoms with van der Waals surface area (Å²) in [7, 11) is 1.34. The predicted molar refractivity (Wildman–Crippen MR) is 78.8 cm³/mol. The Hall–Kier alpha value is -0.760. The summed E-state index contributed by atoms with van der Waals surface area (Å²) in [6.45, 7) is 0.398. The number of alkyl halides is 1. The van der Waals surface area contributed by atoms with E-state index in [9.17, 15) is 9.59 Å². The Morgan fingerprint density at radius 2 is 2.26 bits per heavy atom. The molecule has 8 heteroatoms. The van der Waals surface area contributed by atoms with Gasteiger partial charge in [-0.15, -0.1) is 22.9 Å². The van der Waals surface area contributed by atoms with Crippen molar-refractivity contribution < 1.29 is 14.3 Å². The first kappa shape index (κ1) is 16.3. The third-order valence-electron chi connectivity index (χ3n) is 2.18. The van der Waals surface area contributed by atoms with Crippen molar-refractivity contribution in [3.05, 3.63) is 21.9 Å². The van der Waals surface area contributed by atoms with Crippen LogP contribution in [0.5, 0.6) is 0 Å². The first-order chi connectivity index (χ1) is 9.08. The van der Waals surface area contributed by atoms with Crippen molar-refractivity contribution in [1.82, 2.24) is 5.01 Å². The minimum Gasteiger partial charge on any atom is -0.465 e. The first-order valence-corrected chi connectivity index (χ1v) is 7.84. The molecule has 0 fully saturated rings. The van der Waals surface area contributed by atoms with Gasteiger partial charge >= 0.3 is 5.97 Å². The maximum Gasteiger partial charge on any atom is 0.348 e. The van der Waals surface area contributed by atoms with Crippen LogP contribution >= 0.6 is 34.7 Å². The van der Waals surface area contributed by atoms with E-state index in [2.05, 4.69) is 4.74 Å². The number of hydrogen-bond donors (Lipinski definition) is 1. The first-order valence-electron chi connectivity index (χ1n) is 5.50. The van der Waals surface area contributed by atoms with Gasteiger partial charge in [0.25, 0.3) is 5.24 Å². The van der Waals surface area contributed by atoms with Crippen LogP contribution < -0.4 is 5.84 Å². The summed E-state index contributed by atoms with van der Waals surface area (Å²) in [5.41, 5.74) is 0. The van der Waals surface area contributed by atoms with Gasteiger partial charge in [-0.05, 0) is 12.1 Å². The van der Waals surface area contributed by atoms with Crippen LogP contribution in [0.15, 0.2) is 12.1 Å². The molecule has 0 bridgehead atoms. The van der Waals surface area contributed by atoms with Gasteiger partial charge in [0, 0.05) is 29.5 Å². The van der Waals surface area contributed by atoms with Gasteiger partial charge in [-0.3, -0.25) is 9.80 Å². The Labute approximate surface area is 125 Å². The molecule has 0 aromatic carbocycles. The monoisotopic (exact) mass is 322 g/mol. The number of carbonyl (C=O) groups excluding carboxylic acids is 2. The average molecular weight is 323 g/mol. The molecule has 2 N–H and O–H groups in total. The quantitative estimate of drug-likeness (QED) is 0.286. The second kappa shape index (κ2) is 8.42. The number of hydrogen-bond acceptors (Lipinski definition) is 6. The number of nitrogens with zero attached hydrogens (tertiary/aromatic N) is 1. The van der Waals surface area contributed by atoms with Crippen molar-refractivity contribution in [1.29, 1.82) is 0 Å². The summed E-state index contributed by atoms with van der Waals surface area (Å²) in [5.74, 6) is 6.23. The molecule has 0 saturated heterocycles. The average Bonchev–Trinajstić information content (AvgIpc) is 2.89. The Morgan fingerprint density at radius 3 is 2.89 bits per heavy atom. The summed E-state index contributed by atoms with van der Waals surface area (Å²) < 4.78 is 4.62. The zero-order valence-corrected chi connectivity index (χ0v) is 12.8. The number of ether oxygens (including phenoxy) is 1. The van der Waals surface area contributed by atoms with E-state index < -0.39 is 0 Å². The molecule has 19 heavy (non-hydrogen) atoms. The number of rotatable bonds is 6. The second-order valence-corrected chi connectivity index (χ2v) is 6.10. The molecular formula is C11H15ClN2O3S2. The molecule has 5 nitrogen and oxygen atoms in total. The lowest BCUT2D eigenvalue weighted by atomic mass is 10.3. The van der Waals surface area contributed by atoms with Gasteiger partial charge < -0.3 is 4.74 Å². The van der Waals surface area contributed by atoms with Crippen LogP contribution in [-0.2, 0) is 11.2 Å². The molecule has 1 amide bonds. The van der Waals surface area contributed by atoms with Gasteiger partial charge in [0.05, 0.1) is 7.11 Å². The number of halogens is 1. The molecule has 106 valence electrons. The van der Waals surface area contributed by atoms with Crippen LogP contribution in [0.3, 0.4) is 0 Å². The van der Waals surface area contributed by atoms with Gasteiger partial charge in [0.2, 0.25) is 0 Å². The molecule has 0 saturated carbocycles. The molecule has 0 aliphatic heterocycles. The van der Waals surface area contributed by atoms with Crippen molar-refractivity contribution in [2.24, 2.45) is 5.84 Å². The Morgan fingerprint density at radius 1 is 1.53 bits per heavy atom. The Bertz CT molecular complexity index is 439. The van der Waals surface area contributed by atoms with Gasteiger partial charge in [-0.25, -0.2) is 10.6 Å². The molecule has 0 aliphatic carbocycles. The molecule has 1 aromatic rings. The van der Waals surface area contributed by atoms with Gasteiger partial charge in [-0.1, -0.05) is 11.8 Å². The number of thioether (sulfide) groups is 1. The zero-order chi connectivity index (χ0) is 14.3. The number of hydrazine groups is 1. The standard InChI is InChI=1S/C11H15ClN2O3S2/c1-17-10(15)9-3-2-8(19-9)4-6-14(13)11(16)18-7-5-12/h2-3H,4-7,13H2,1H3. The van der Waals surface area contributed by atoms with E-state index >= 15 is 0 Å². The number of amides is 1. The van der Waals surface area contributed by atoms with E-state index in [0.29, 0.717) is 29.5 Å². The van der Waals surface area contributed by atoms with Crippen molar-refractivity contribution in [3.8, 4) is 0 Å². The van der Waals surface area contributed by atoms with Gasteiger partial charge in [0.15, 0.2) is 0 Å². The van der Waals surface area contributed by atoms with E-state index in [1.165, 1.54) is 18.4 Å². The van der Waals surface area contributed by atoms with Crippen LogP contribution in [0.1, 0.15) is 14.5 Å². The van der Waals surface area contributed by atoms with Crippen LogP contribution in [-0.4, -0.2) is 41.5 Å². The third kappa shape index (κ3) is 5.40. The Balaban J connectivity index is 2.41. The minimum absolute atomic E-state index is 0.203.